The number of aryl methyl sites for hydroxylation is 1. The van der Waals surface area contributed by atoms with Crippen molar-refractivity contribution in [2.24, 2.45) is 0 Å². The van der Waals surface area contributed by atoms with Crippen LogP contribution >= 0.6 is 0 Å². The van der Waals surface area contributed by atoms with Gasteiger partial charge in [-0.05, 0) is 42.6 Å². The molecule has 6 heteroatoms. The average molecular weight is 394 g/mol. The van der Waals surface area contributed by atoms with Gasteiger partial charge in [0, 0.05) is 19.6 Å². The van der Waals surface area contributed by atoms with Crippen molar-refractivity contribution in [3.05, 3.63) is 35.4 Å². The molecule has 1 aromatic rings. The lowest BCUT2D eigenvalue weighted by molar-refractivity contribution is 0.0156. The molecule has 1 N–H and O–H groups in total. The highest BCUT2D eigenvalue weighted by Crippen LogP contribution is 2.38. The first kappa shape index (κ1) is 22.1. The van der Waals surface area contributed by atoms with E-state index in [0.717, 1.165) is 44.8 Å². The predicted molar refractivity (Wildman–Crippen MR) is 111 cm³/mol. The number of hydrogen-bond acceptors (Lipinski definition) is 4. The van der Waals surface area contributed by atoms with E-state index in [1.54, 1.807) is 12.1 Å². The van der Waals surface area contributed by atoms with E-state index >= 15 is 0 Å². The fourth-order valence-electron chi connectivity index (χ4n) is 3.12. The molecule has 5 nitrogen and oxygen atoms in total. The Morgan fingerprint density at radius 1 is 1.26 bits per heavy atom. The first-order chi connectivity index (χ1) is 12.6. The normalized spacial score (nSPS) is 17.7. The maximum absolute atomic E-state index is 11.5. The maximum atomic E-state index is 11.5. The van der Waals surface area contributed by atoms with Crippen molar-refractivity contribution in [3.63, 3.8) is 0 Å². The Balaban J connectivity index is 2.10. The zero-order valence-electron chi connectivity index (χ0n) is 17.5. The molecule has 1 fully saturated rings. The minimum Gasteiger partial charge on any atom is -0.478 e. The number of hydrogen-bond donors (Lipinski definition) is 1. The Bertz CT molecular complexity index is 621. The average Bonchev–Trinajstić information content (AvgIpc) is 2.59. The standard InChI is InChI=1S/C21H35NO4Si/c1-21(2,3)27(4,5)26-18(16-22-12-14-25-15-13-22)11-10-17-8-6-7-9-19(17)20(23)24/h6-9,18H,10-16H2,1-5H3,(H,23,24). The minimum absolute atomic E-state index is 0.103. The van der Waals surface area contributed by atoms with Gasteiger partial charge in [-0.15, -0.1) is 0 Å². The van der Waals surface area contributed by atoms with Crippen molar-refractivity contribution in [1.82, 2.24) is 4.90 Å². The number of ether oxygens (including phenoxy) is 1. The first-order valence-corrected chi connectivity index (χ1v) is 12.8. The summed E-state index contributed by atoms with van der Waals surface area (Å²) in [6, 6.07) is 7.29. The largest absolute Gasteiger partial charge is 0.478 e. The SMILES string of the molecule is CC(C)(C)[Si](C)(C)OC(CCc1ccccc1C(=O)O)CN1CCOCC1. The third-order valence-electron chi connectivity index (χ3n) is 5.82. The second-order valence-corrected chi connectivity index (χ2v) is 13.7. The highest BCUT2D eigenvalue weighted by molar-refractivity contribution is 6.74. The zero-order valence-corrected chi connectivity index (χ0v) is 18.5. The molecule has 1 aliphatic heterocycles. The summed E-state index contributed by atoms with van der Waals surface area (Å²) in [4.78, 5) is 13.9. The Morgan fingerprint density at radius 2 is 1.89 bits per heavy atom. The van der Waals surface area contributed by atoms with Gasteiger partial charge in [0.25, 0.3) is 0 Å². The molecule has 0 bridgehead atoms. The highest BCUT2D eigenvalue weighted by atomic mass is 28.4. The summed E-state index contributed by atoms with van der Waals surface area (Å²) in [6.07, 6.45) is 1.64. The van der Waals surface area contributed by atoms with Crippen LogP contribution in [0.3, 0.4) is 0 Å². The number of nitrogens with zero attached hydrogens (tertiary/aromatic N) is 1. The molecule has 1 aliphatic rings. The smallest absolute Gasteiger partial charge is 0.335 e. The highest BCUT2D eigenvalue weighted by Gasteiger charge is 2.39. The molecule has 1 aromatic carbocycles. The lowest BCUT2D eigenvalue weighted by atomic mass is 10.0. The third kappa shape index (κ3) is 6.42. The molecule has 1 atom stereocenters. The van der Waals surface area contributed by atoms with E-state index in [-0.39, 0.29) is 11.1 Å². The lowest BCUT2D eigenvalue weighted by Gasteiger charge is -2.41. The number of morpholine rings is 1. The van der Waals surface area contributed by atoms with Crippen LogP contribution in [0.25, 0.3) is 0 Å². The number of carbonyl (C=O) groups is 1. The monoisotopic (exact) mass is 393 g/mol. The van der Waals surface area contributed by atoms with Crippen molar-refractivity contribution in [3.8, 4) is 0 Å². The van der Waals surface area contributed by atoms with Crippen molar-refractivity contribution in [2.75, 3.05) is 32.8 Å². The van der Waals surface area contributed by atoms with Crippen molar-refractivity contribution in [2.45, 2.75) is 57.8 Å². The summed E-state index contributed by atoms with van der Waals surface area (Å²) in [5, 5.41) is 9.59. The van der Waals surface area contributed by atoms with Gasteiger partial charge in [0.15, 0.2) is 8.32 Å². The number of benzene rings is 1. The van der Waals surface area contributed by atoms with Crippen molar-refractivity contribution in [1.29, 1.82) is 0 Å². The van der Waals surface area contributed by atoms with Crippen LogP contribution in [-0.2, 0) is 15.6 Å². The van der Waals surface area contributed by atoms with Gasteiger partial charge < -0.3 is 14.3 Å². The van der Waals surface area contributed by atoms with Crippen LogP contribution in [0.4, 0.5) is 0 Å². The Labute approximate surface area is 164 Å². The fourth-order valence-corrected chi connectivity index (χ4v) is 4.50. The Morgan fingerprint density at radius 3 is 2.48 bits per heavy atom. The first-order valence-electron chi connectivity index (χ1n) is 9.89. The molecule has 0 aliphatic carbocycles. The lowest BCUT2D eigenvalue weighted by Crippen LogP contribution is -2.48. The van der Waals surface area contributed by atoms with Gasteiger partial charge >= 0.3 is 5.97 Å². The van der Waals surface area contributed by atoms with Crippen LogP contribution in [0.5, 0.6) is 0 Å². The quantitative estimate of drug-likeness (QED) is 0.676. The summed E-state index contributed by atoms with van der Waals surface area (Å²) in [5.41, 5.74) is 1.28. The maximum Gasteiger partial charge on any atom is 0.335 e. The molecule has 152 valence electrons. The molecule has 1 heterocycles. The summed E-state index contributed by atoms with van der Waals surface area (Å²) < 4.78 is 12.2. The third-order valence-corrected chi connectivity index (χ3v) is 10.4. The minimum atomic E-state index is -1.90. The van der Waals surface area contributed by atoms with Gasteiger partial charge in [0.1, 0.15) is 0 Å². The second-order valence-electron chi connectivity index (χ2n) is 8.91. The summed E-state index contributed by atoms with van der Waals surface area (Å²) >= 11 is 0. The van der Waals surface area contributed by atoms with Gasteiger partial charge in [0.05, 0.1) is 24.9 Å². The van der Waals surface area contributed by atoms with Crippen LogP contribution in [0, 0.1) is 0 Å². The van der Waals surface area contributed by atoms with Gasteiger partial charge in [-0.3, -0.25) is 4.90 Å². The van der Waals surface area contributed by atoms with Crippen LogP contribution in [0.1, 0.15) is 43.1 Å². The van der Waals surface area contributed by atoms with E-state index in [9.17, 15) is 9.90 Å². The van der Waals surface area contributed by atoms with E-state index in [1.165, 1.54) is 0 Å². The molecule has 0 amide bonds. The fraction of sp³-hybridized carbons (Fsp3) is 0.667. The molecule has 1 saturated heterocycles. The topological polar surface area (TPSA) is 59.0 Å². The van der Waals surface area contributed by atoms with Crippen molar-refractivity contribution >= 4 is 14.3 Å². The van der Waals surface area contributed by atoms with Gasteiger partial charge in [-0.2, -0.15) is 0 Å². The van der Waals surface area contributed by atoms with Gasteiger partial charge in [0.2, 0.25) is 0 Å². The Kier molecular flexibility index (Phi) is 7.62. The van der Waals surface area contributed by atoms with Crippen LogP contribution < -0.4 is 0 Å². The summed E-state index contributed by atoms with van der Waals surface area (Å²) in [5.74, 6) is -0.861. The summed E-state index contributed by atoms with van der Waals surface area (Å²) in [6.45, 7) is 15.6. The van der Waals surface area contributed by atoms with Crippen LogP contribution in [0.15, 0.2) is 24.3 Å². The summed E-state index contributed by atoms with van der Waals surface area (Å²) in [7, 11) is -1.90. The molecule has 0 saturated carbocycles. The van der Waals surface area contributed by atoms with E-state index < -0.39 is 14.3 Å². The van der Waals surface area contributed by atoms with Gasteiger partial charge in [-0.25, -0.2) is 4.79 Å². The number of carboxylic acids is 1. The van der Waals surface area contributed by atoms with Crippen LogP contribution in [0.2, 0.25) is 18.1 Å². The molecule has 0 radical (unpaired) electrons. The van der Waals surface area contributed by atoms with Crippen LogP contribution in [-0.4, -0.2) is 63.2 Å². The van der Waals surface area contributed by atoms with Gasteiger partial charge in [-0.1, -0.05) is 39.0 Å². The number of carboxylic acid groups (broad SMARTS) is 1. The number of aromatic carboxylic acids is 1. The Hall–Kier alpha value is -1.21. The van der Waals surface area contributed by atoms with E-state index in [4.69, 9.17) is 9.16 Å². The molecular weight excluding hydrogens is 358 g/mol. The van der Waals surface area contributed by atoms with E-state index in [2.05, 4.69) is 38.8 Å². The van der Waals surface area contributed by atoms with Crippen molar-refractivity contribution < 1.29 is 19.1 Å². The second kappa shape index (κ2) is 9.32. The molecule has 1 unspecified atom stereocenters. The van der Waals surface area contributed by atoms with E-state index in [1.807, 2.05) is 12.1 Å². The molecule has 27 heavy (non-hydrogen) atoms. The molecule has 0 spiro atoms. The molecule has 2 rings (SSSR count). The predicted octanol–water partition coefficient (Wildman–Crippen LogP) is 4.04. The van der Waals surface area contributed by atoms with E-state index in [0.29, 0.717) is 12.0 Å². The molecule has 0 aromatic heterocycles. The molecular formula is C21H35NO4Si. The number of rotatable bonds is 8. The zero-order chi connectivity index (χ0) is 20.1.